The lowest BCUT2D eigenvalue weighted by Crippen LogP contribution is -2.17. The van der Waals surface area contributed by atoms with E-state index in [9.17, 15) is 9.59 Å². The van der Waals surface area contributed by atoms with Gasteiger partial charge in [0.2, 0.25) is 5.91 Å². The molecule has 6 nitrogen and oxygen atoms in total. The summed E-state index contributed by atoms with van der Waals surface area (Å²) in [6.07, 6.45) is 1.52. The number of hydrogen-bond acceptors (Lipinski definition) is 4. The van der Waals surface area contributed by atoms with Crippen molar-refractivity contribution in [1.29, 1.82) is 0 Å². The molecule has 8 heteroatoms. The molecular formula is C17H14Cl2N4O2. The Morgan fingerprint density at radius 3 is 2.64 bits per heavy atom. The minimum atomic E-state index is -0.225. The van der Waals surface area contributed by atoms with Crippen LogP contribution in [0.15, 0.2) is 47.4 Å². The summed E-state index contributed by atoms with van der Waals surface area (Å²) >= 11 is 11.9. The minimum absolute atomic E-state index is 0.190. The van der Waals surface area contributed by atoms with Crippen LogP contribution in [0, 0.1) is 0 Å². The van der Waals surface area contributed by atoms with Gasteiger partial charge >= 0.3 is 0 Å². The maximum absolute atomic E-state index is 12.2. The topological polar surface area (TPSA) is 75.5 Å². The Bertz CT molecular complexity index is 1020. The number of aromatic nitrogens is 2. The summed E-state index contributed by atoms with van der Waals surface area (Å²) in [4.78, 5) is 27.9. The summed E-state index contributed by atoms with van der Waals surface area (Å²) in [6.45, 7) is 1.72. The summed E-state index contributed by atoms with van der Waals surface area (Å²) in [6, 6.07) is 9.86. The second-order valence-electron chi connectivity index (χ2n) is 5.39. The van der Waals surface area contributed by atoms with Crippen molar-refractivity contribution in [2.24, 2.45) is 0 Å². The number of nitrogens with one attached hydrogen (secondary N) is 2. The molecule has 0 spiro atoms. The lowest BCUT2D eigenvalue weighted by molar-refractivity contribution is -0.114. The first kappa shape index (κ1) is 17.3. The van der Waals surface area contributed by atoms with Gasteiger partial charge in [-0.25, -0.2) is 4.98 Å². The van der Waals surface area contributed by atoms with Gasteiger partial charge in [-0.2, -0.15) is 0 Å². The predicted molar refractivity (Wildman–Crippen MR) is 99.6 cm³/mol. The molecule has 2 N–H and O–H groups in total. The molecule has 0 saturated heterocycles. The van der Waals surface area contributed by atoms with Crippen LogP contribution in [0.1, 0.15) is 12.6 Å². The molecular weight excluding hydrogens is 363 g/mol. The van der Waals surface area contributed by atoms with Crippen molar-refractivity contribution in [3.63, 3.8) is 0 Å². The second kappa shape index (κ2) is 7.13. The zero-order valence-electron chi connectivity index (χ0n) is 13.2. The van der Waals surface area contributed by atoms with E-state index in [0.717, 1.165) is 0 Å². The SMILES string of the molecule is CC(=O)Nc1ccc(Cl)cc1NCc1cc(=O)n2cc(Cl)ccc2n1. The van der Waals surface area contributed by atoms with E-state index in [4.69, 9.17) is 23.2 Å². The highest BCUT2D eigenvalue weighted by molar-refractivity contribution is 6.31. The van der Waals surface area contributed by atoms with Crippen molar-refractivity contribution in [2.75, 3.05) is 10.6 Å². The molecule has 128 valence electrons. The van der Waals surface area contributed by atoms with Gasteiger partial charge in [-0.15, -0.1) is 0 Å². The third kappa shape index (κ3) is 4.10. The number of benzene rings is 1. The average Bonchev–Trinajstić information content (AvgIpc) is 2.55. The van der Waals surface area contributed by atoms with Crippen molar-refractivity contribution in [2.45, 2.75) is 13.5 Å². The Morgan fingerprint density at radius 2 is 1.88 bits per heavy atom. The minimum Gasteiger partial charge on any atom is -0.378 e. The van der Waals surface area contributed by atoms with Crippen LogP contribution in [0.3, 0.4) is 0 Å². The number of pyridine rings is 1. The molecule has 25 heavy (non-hydrogen) atoms. The number of rotatable bonds is 4. The van der Waals surface area contributed by atoms with Crippen molar-refractivity contribution >= 4 is 46.1 Å². The number of carbonyl (C=O) groups excluding carboxylic acids is 1. The molecule has 0 bridgehead atoms. The molecule has 1 aromatic carbocycles. The molecule has 3 aromatic rings. The van der Waals surface area contributed by atoms with Crippen molar-refractivity contribution < 1.29 is 4.79 Å². The van der Waals surface area contributed by atoms with E-state index in [1.807, 2.05) is 0 Å². The van der Waals surface area contributed by atoms with E-state index in [0.29, 0.717) is 39.3 Å². The number of anilines is 2. The number of hydrogen-bond donors (Lipinski definition) is 2. The quantitative estimate of drug-likeness (QED) is 0.729. The maximum Gasteiger partial charge on any atom is 0.258 e. The molecule has 2 heterocycles. The molecule has 3 rings (SSSR count). The molecule has 0 atom stereocenters. The van der Waals surface area contributed by atoms with Crippen molar-refractivity contribution in [3.05, 3.63) is 68.7 Å². The highest BCUT2D eigenvalue weighted by Crippen LogP contribution is 2.26. The first-order chi connectivity index (χ1) is 11.9. The lowest BCUT2D eigenvalue weighted by atomic mass is 10.2. The summed E-state index contributed by atoms with van der Waals surface area (Å²) in [5, 5.41) is 6.85. The molecule has 0 aliphatic rings. The van der Waals surface area contributed by atoms with Gasteiger partial charge in [0.1, 0.15) is 5.65 Å². The van der Waals surface area contributed by atoms with Crippen molar-refractivity contribution in [3.8, 4) is 0 Å². The fourth-order valence-corrected chi connectivity index (χ4v) is 2.70. The van der Waals surface area contributed by atoms with Crippen LogP contribution in [-0.2, 0) is 11.3 Å². The van der Waals surface area contributed by atoms with Gasteiger partial charge < -0.3 is 10.6 Å². The Labute approximate surface area is 153 Å². The van der Waals surface area contributed by atoms with Crippen LogP contribution in [0.25, 0.3) is 5.65 Å². The zero-order chi connectivity index (χ0) is 18.0. The van der Waals surface area contributed by atoms with E-state index in [1.54, 1.807) is 30.3 Å². The molecule has 1 amide bonds. The Balaban J connectivity index is 1.88. The van der Waals surface area contributed by atoms with E-state index in [1.165, 1.54) is 23.6 Å². The van der Waals surface area contributed by atoms with Crippen LogP contribution in [-0.4, -0.2) is 15.3 Å². The van der Waals surface area contributed by atoms with Crippen LogP contribution < -0.4 is 16.2 Å². The van der Waals surface area contributed by atoms with Crippen LogP contribution >= 0.6 is 23.2 Å². The van der Waals surface area contributed by atoms with Gasteiger partial charge in [-0.1, -0.05) is 23.2 Å². The predicted octanol–water partition coefficient (Wildman–Crippen LogP) is 3.57. The largest absolute Gasteiger partial charge is 0.378 e. The molecule has 2 aromatic heterocycles. The van der Waals surface area contributed by atoms with Gasteiger partial charge in [0.25, 0.3) is 5.56 Å². The van der Waals surface area contributed by atoms with Gasteiger partial charge in [-0.05, 0) is 30.3 Å². The van der Waals surface area contributed by atoms with Gasteiger partial charge in [0.15, 0.2) is 0 Å². The molecule has 0 aliphatic carbocycles. The molecule has 0 unspecified atom stereocenters. The van der Waals surface area contributed by atoms with Crippen LogP contribution in [0.5, 0.6) is 0 Å². The number of halogens is 2. The highest BCUT2D eigenvalue weighted by Gasteiger charge is 2.07. The number of nitrogens with zero attached hydrogens (tertiary/aromatic N) is 2. The number of fused-ring (bicyclic) bond motifs is 1. The Morgan fingerprint density at radius 1 is 1.12 bits per heavy atom. The molecule has 0 aliphatic heterocycles. The second-order valence-corrected chi connectivity index (χ2v) is 6.26. The van der Waals surface area contributed by atoms with Gasteiger partial charge in [0.05, 0.1) is 28.6 Å². The summed E-state index contributed by atoms with van der Waals surface area (Å²) in [5.74, 6) is -0.190. The molecule has 0 radical (unpaired) electrons. The third-order valence-corrected chi connectivity index (χ3v) is 3.89. The first-order valence-corrected chi connectivity index (χ1v) is 8.17. The number of amides is 1. The van der Waals surface area contributed by atoms with Crippen molar-refractivity contribution in [1.82, 2.24) is 9.38 Å². The smallest absolute Gasteiger partial charge is 0.258 e. The van der Waals surface area contributed by atoms with E-state index < -0.39 is 0 Å². The lowest BCUT2D eigenvalue weighted by Gasteiger charge is -2.13. The Hall–Kier alpha value is -2.57. The maximum atomic E-state index is 12.2. The molecule has 0 fully saturated rings. The first-order valence-electron chi connectivity index (χ1n) is 7.41. The summed E-state index contributed by atoms with van der Waals surface area (Å²) < 4.78 is 1.38. The van der Waals surface area contributed by atoms with E-state index in [-0.39, 0.29) is 11.5 Å². The fraction of sp³-hybridized carbons (Fsp3) is 0.118. The molecule has 0 saturated carbocycles. The third-order valence-electron chi connectivity index (χ3n) is 3.43. The monoisotopic (exact) mass is 376 g/mol. The summed E-state index contributed by atoms with van der Waals surface area (Å²) in [5.41, 5.74) is 2.07. The van der Waals surface area contributed by atoms with Crippen LogP contribution in [0.2, 0.25) is 10.0 Å². The van der Waals surface area contributed by atoms with E-state index >= 15 is 0 Å². The zero-order valence-corrected chi connectivity index (χ0v) is 14.7. The average molecular weight is 377 g/mol. The van der Waals surface area contributed by atoms with Gasteiger partial charge in [0, 0.05) is 24.2 Å². The summed E-state index contributed by atoms with van der Waals surface area (Å²) in [7, 11) is 0. The Kier molecular flexibility index (Phi) is 4.92. The van der Waals surface area contributed by atoms with Gasteiger partial charge in [-0.3, -0.25) is 14.0 Å². The fourth-order valence-electron chi connectivity index (χ4n) is 2.36. The standard InChI is InChI=1S/C17H14Cl2N4O2/c1-10(24)21-14-4-2-11(18)6-15(14)20-8-13-7-17(25)23-9-12(19)3-5-16(23)22-13/h2-7,9,20H,8H2,1H3,(H,21,24). The number of carbonyl (C=O) groups is 1. The normalized spacial score (nSPS) is 10.7. The highest BCUT2D eigenvalue weighted by atomic mass is 35.5. The van der Waals surface area contributed by atoms with E-state index in [2.05, 4.69) is 15.6 Å². The van der Waals surface area contributed by atoms with Crippen LogP contribution in [0.4, 0.5) is 11.4 Å².